The summed E-state index contributed by atoms with van der Waals surface area (Å²) >= 11 is 17.8. The molecular weight excluding hydrogens is 383 g/mol. The van der Waals surface area contributed by atoms with Gasteiger partial charge in [-0.15, -0.1) is 0 Å². The number of ether oxygens (including phenoxy) is 1. The maximum atomic E-state index is 12.0. The van der Waals surface area contributed by atoms with Crippen molar-refractivity contribution in [2.24, 2.45) is 0 Å². The zero-order chi connectivity index (χ0) is 18.4. The lowest BCUT2D eigenvalue weighted by Gasteiger charge is -2.11. The predicted molar refractivity (Wildman–Crippen MR) is 104 cm³/mol. The lowest BCUT2D eigenvalue weighted by molar-refractivity contribution is -0.118. The third-order valence-electron chi connectivity index (χ3n) is 3.42. The quantitative estimate of drug-likeness (QED) is 0.680. The molecule has 0 heterocycles. The van der Waals surface area contributed by atoms with Gasteiger partial charge in [0.2, 0.25) is 0 Å². The first kappa shape index (κ1) is 19.9. The zero-order valence-electron chi connectivity index (χ0n) is 14.0. The normalized spacial score (nSPS) is 10.8. The van der Waals surface area contributed by atoms with E-state index in [4.69, 9.17) is 39.5 Å². The molecule has 0 aliphatic rings. The molecule has 0 saturated heterocycles. The van der Waals surface area contributed by atoms with Gasteiger partial charge in [0.25, 0.3) is 5.91 Å². The highest BCUT2D eigenvalue weighted by Gasteiger charge is 2.10. The minimum atomic E-state index is -0.289. The molecule has 2 aromatic rings. The zero-order valence-corrected chi connectivity index (χ0v) is 16.3. The van der Waals surface area contributed by atoms with E-state index in [1.54, 1.807) is 0 Å². The molecular formula is C18H19Cl3N2O2. The van der Waals surface area contributed by atoms with Gasteiger partial charge >= 0.3 is 0 Å². The molecule has 0 aliphatic carbocycles. The van der Waals surface area contributed by atoms with Gasteiger partial charge in [-0.05, 0) is 44.3 Å². The summed E-state index contributed by atoms with van der Waals surface area (Å²) in [5.41, 5.74) is 1.92. The molecule has 1 amide bonds. The topological polar surface area (TPSA) is 41.6 Å². The van der Waals surface area contributed by atoms with Crippen molar-refractivity contribution in [3.05, 3.63) is 57.0 Å². The second-order valence-electron chi connectivity index (χ2n) is 5.78. The van der Waals surface area contributed by atoms with Gasteiger partial charge in [-0.2, -0.15) is 0 Å². The molecule has 1 N–H and O–H groups in total. The van der Waals surface area contributed by atoms with Gasteiger partial charge in [0.15, 0.2) is 6.61 Å². The molecule has 0 aliphatic heterocycles. The molecule has 0 radical (unpaired) electrons. The van der Waals surface area contributed by atoms with Crippen LogP contribution in [0.1, 0.15) is 5.56 Å². The van der Waals surface area contributed by atoms with E-state index in [-0.39, 0.29) is 12.5 Å². The van der Waals surface area contributed by atoms with E-state index >= 15 is 0 Å². The number of likely N-dealkylation sites (N-methyl/N-ethyl adjacent to an activating group) is 1. The molecule has 0 bridgehead atoms. The van der Waals surface area contributed by atoms with E-state index in [0.717, 1.165) is 13.0 Å². The first-order valence-corrected chi connectivity index (χ1v) is 8.79. The van der Waals surface area contributed by atoms with Gasteiger partial charge in [0.1, 0.15) is 5.75 Å². The molecule has 0 saturated carbocycles. The summed E-state index contributed by atoms with van der Waals surface area (Å²) < 4.78 is 5.40. The van der Waals surface area contributed by atoms with E-state index in [0.29, 0.717) is 26.5 Å². The number of hydrogen-bond acceptors (Lipinski definition) is 3. The summed E-state index contributed by atoms with van der Waals surface area (Å²) in [6.45, 7) is 0.796. The predicted octanol–water partition coefficient (Wildman–Crippen LogP) is 4.77. The van der Waals surface area contributed by atoms with Gasteiger partial charge in [-0.1, -0.05) is 46.9 Å². The maximum Gasteiger partial charge on any atom is 0.262 e. The fraction of sp³-hybridized carbons (Fsp3) is 0.278. The Kier molecular flexibility index (Phi) is 7.38. The van der Waals surface area contributed by atoms with Crippen molar-refractivity contribution < 1.29 is 9.53 Å². The van der Waals surface area contributed by atoms with E-state index in [1.807, 2.05) is 38.4 Å². The summed E-state index contributed by atoms with van der Waals surface area (Å²) in [5.74, 6) is 0.0217. The average molecular weight is 402 g/mol. The Morgan fingerprint density at radius 1 is 1.04 bits per heavy atom. The Morgan fingerprint density at radius 2 is 1.68 bits per heavy atom. The molecule has 0 spiro atoms. The summed E-state index contributed by atoms with van der Waals surface area (Å²) in [6.07, 6.45) is 0.958. The van der Waals surface area contributed by atoms with Crippen LogP contribution in [0.25, 0.3) is 0 Å². The second kappa shape index (κ2) is 9.30. The number of anilines is 1. The fourth-order valence-electron chi connectivity index (χ4n) is 2.06. The number of amides is 1. The smallest absolute Gasteiger partial charge is 0.262 e. The second-order valence-corrected chi connectivity index (χ2v) is 7.01. The van der Waals surface area contributed by atoms with Gasteiger partial charge in [0, 0.05) is 18.3 Å². The minimum Gasteiger partial charge on any atom is -0.482 e. The van der Waals surface area contributed by atoms with Crippen LogP contribution < -0.4 is 10.1 Å². The Hall–Kier alpha value is -1.46. The molecule has 25 heavy (non-hydrogen) atoms. The van der Waals surface area contributed by atoms with Crippen LogP contribution >= 0.6 is 34.8 Å². The molecule has 2 rings (SSSR count). The molecule has 7 heteroatoms. The molecule has 0 aromatic heterocycles. The molecule has 0 atom stereocenters. The Labute approximate surface area is 162 Å². The standard InChI is InChI=1S/C18H19Cl3N2O2/c1-23(2)8-7-12-3-5-13(6-4-12)22-18(24)11-25-17-10-15(20)14(19)9-16(17)21/h3-6,9-10H,7-8,11H2,1-2H3,(H,22,24). The SMILES string of the molecule is CN(C)CCc1ccc(NC(=O)COc2cc(Cl)c(Cl)cc2Cl)cc1. The highest BCUT2D eigenvalue weighted by Crippen LogP contribution is 2.33. The van der Waals surface area contributed by atoms with E-state index < -0.39 is 0 Å². The Bertz CT molecular complexity index is 734. The number of benzene rings is 2. The number of carbonyl (C=O) groups is 1. The monoisotopic (exact) mass is 400 g/mol. The van der Waals surface area contributed by atoms with Crippen LogP contribution in [0.3, 0.4) is 0 Å². The van der Waals surface area contributed by atoms with Crippen molar-refractivity contribution in [2.45, 2.75) is 6.42 Å². The van der Waals surface area contributed by atoms with Crippen molar-refractivity contribution >= 4 is 46.4 Å². The van der Waals surface area contributed by atoms with Crippen molar-refractivity contribution in [3.63, 3.8) is 0 Å². The Balaban J connectivity index is 1.87. The maximum absolute atomic E-state index is 12.0. The lowest BCUT2D eigenvalue weighted by atomic mass is 10.1. The van der Waals surface area contributed by atoms with Crippen LogP contribution in [0.15, 0.2) is 36.4 Å². The molecule has 134 valence electrons. The lowest BCUT2D eigenvalue weighted by Crippen LogP contribution is -2.20. The number of nitrogens with zero attached hydrogens (tertiary/aromatic N) is 1. The summed E-state index contributed by atoms with van der Waals surface area (Å²) in [6, 6.07) is 10.7. The number of carbonyl (C=O) groups excluding carboxylic acids is 1. The van der Waals surface area contributed by atoms with Crippen LogP contribution in [0.2, 0.25) is 15.1 Å². The van der Waals surface area contributed by atoms with Crippen LogP contribution in [0, 0.1) is 0 Å². The molecule has 2 aromatic carbocycles. The minimum absolute atomic E-state index is 0.180. The molecule has 0 unspecified atom stereocenters. The number of halogens is 3. The van der Waals surface area contributed by atoms with Crippen molar-refractivity contribution in [1.29, 1.82) is 0 Å². The first-order valence-electron chi connectivity index (χ1n) is 7.66. The highest BCUT2D eigenvalue weighted by atomic mass is 35.5. The first-order chi connectivity index (χ1) is 11.8. The van der Waals surface area contributed by atoms with Gasteiger partial charge in [0.05, 0.1) is 15.1 Å². The highest BCUT2D eigenvalue weighted by molar-refractivity contribution is 6.43. The summed E-state index contributed by atoms with van der Waals surface area (Å²) in [7, 11) is 4.07. The van der Waals surface area contributed by atoms with Crippen molar-refractivity contribution in [2.75, 3.05) is 32.6 Å². The fourth-order valence-corrected chi connectivity index (χ4v) is 2.65. The average Bonchev–Trinajstić information content (AvgIpc) is 2.56. The van der Waals surface area contributed by atoms with Gasteiger partial charge in [-0.3, -0.25) is 4.79 Å². The van der Waals surface area contributed by atoms with Crippen LogP contribution in [-0.4, -0.2) is 38.1 Å². The third-order valence-corrected chi connectivity index (χ3v) is 4.44. The molecule has 4 nitrogen and oxygen atoms in total. The third kappa shape index (κ3) is 6.40. The number of rotatable bonds is 7. The summed E-state index contributed by atoms with van der Waals surface area (Å²) in [4.78, 5) is 14.1. The van der Waals surface area contributed by atoms with Gasteiger partial charge < -0.3 is 15.0 Å². The molecule has 0 fully saturated rings. The van der Waals surface area contributed by atoms with Crippen LogP contribution in [-0.2, 0) is 11.2 Å². The summed E-state index contributed by atoms with van der Waals surface area (Å²) in [5, 5.41) is 3.72. The van der Waals surface area contributed by atoms with E-state index in [2.05, 4.69) is 10.2 Å². The number of hydrogen-bond donors (Lipinski definition) is 1. The Morgan fingerprint density at radius 3 is 2.32 bits per heavy atom. The van der Waals surface area contributed by atoms with Crippen LogP contribution in [0.5, 0.6) is 5.75 Å². The van der Waals surface area contributed by atoms with Crippen LogP contribution in [0.4, 0.5) is 5.69 Å². The van der Waals surface area contributed by atoms with Crippen molar-refractivity contribution in [1.82, 2.24) is 4.90 Å². The largest absolute Gasteiger partial charge is 0.482 e. The number of nitrogens with one attached hydrogen (secondary N) is 1. The van der Waals surface area contributed by atoms with Crippen molar-refractivity contribution in [3.8, 4) is 5.75 Å². The van der Waals surface area contributed by atoms with E-state index in [9.17, 15) is 4.79 Å². The van der Waals surface area contributed by atoms with E-state index in [1.165, 1.54) is 17.7 Å². The van der Waals surface area contributed by atoms with Gasteiger partial charge in [-0.25, -0.2) is 0 Å².